The predicted octanol–water partition coefficient (Wildman–Crippen LogP) is 3.80. The van der Waals surface area contributed by atoms with Crippen LogP contribution in [0.3, 0.4) is 0 Å². The van der Waals surface area contributed by atoms with Gasteiger partial charge in [0.15, 0.2) is 0 Å². The van der Waals surface area contributed by atoms with Gasteiger partial charge in [-0.25, -0.2) is 0 Å². The number of hydrogen-bond acceptors (Lipinski definition) is 5. The van der Waals surface area contributed by atoms with E-state index in [1.165, 1.54) is 0 Å². The molecule has 178 valence electrons. The van der Waals surface area contributed by atoms with Crippen molar-refractivity contribution in [3.8, 4) is 5.75 Å². The van der Waals surface area contributed by atoms with Gasteiger partial charge in [0.25, 0.3) is 5.91 Å². The van der Waals surface area contributed by atoms with Gasteiger partial charge in [0.1, 0.15) is 5.75 Å². The first-order chi connectivity index (χ1) is 15.8. The minimum Gasteiger partial charge on any atom is -0.493 e. The van der Waals surface area contributed by atoms with Gasteiger partial charge in [-0.15, -0.1) is 0 Å². The summed E-state index contributed by atoms with van der Waals surface area (Å²) in [6, 6.07) is 9.88. The first-order valence-electron chi connectivity index (χ1n) is 11.8. The number of nitrogens with two attached hydrogens (primary N) is 1. The molecule has 0 aromatic heterocycles. The quantitative estimate of drug-likeness (QED) is 0.490. The maximum atomic E-state index is 13.3. The molecule has 0 spiro atoms. The van der Waals surface area contributed by atoms with E-state index in [-0.39, 0.29) is 11.9 Å². The minimum atomic E-state index is -0.493. The van der Waals surface area contributed by atoms with E-state index in [2.05, 4.69) is 29.7 Å². The third-order valence-corrected chi connectivity index (χ3v) is 6.51. The molecule has 2 atom stereocenters. The monoisotopic (exact) mass is 451 g/mol. The standard InChI is InChI=1S/C27H37N3O3/c1-5-33-26-18(3)17(2)21(14-19-10-12-20(13-11-19)23(28)16-29-4)15-22(26)27(32)30-24-8-6-7-9-25(24)31/h10-13,15-16,24-25,29,31H,5-9,14,28H2,1-4H3,(H,30,32)/b23-16-/t24-,25-/m0/s1. The summed E-state index contributed by atoms with van der Waals surface area (Å²) in [5.74, 6) is 0.441. The fraction of sp³-hybridized carbons (Fsp3) is 0.444. The van der Waals surface area contributed by atoms with E-state index in [0.29, 0.717) is 30.0 Å². The van der Waals surface area contributed by atoms with Gasteiger partial charge in [-0.3, -0.25) is 4.79 Å². The normalized spacial score (nSPS) is 18.6. The first kappa shape index (κ1) is 24.6. The molecule has 1 aliphatic carbocycles. The largest absolute Gasteiger partial charge is 0.493 e. The fourth-order valence-electron chi connectivity index (χ4n) is 4.44. The number of carbonyl (C=O) groups is 1. The van der Waals surface area contributed by atoms with Crippen molar-refractivity contribution >= 4 is 11.6 Å². The molecule has 1 aliphatic rings. The van der Waals surface area contributed by atoms with Gasteiger partial charge in [-0.1, -0.05) is 37.1 Å². The molecule has 0 saturated heterocycles. The first-order valence-corrected chi connectivity index (χ1v) is 11.8. The number of amides is 1. The summed E-state index contributed by atoms with van der Waals surface area (Å²) in [6.07, 6.45) is 5.51. The third kappa shape index (κ3) is 5.88. The van der Waals surface area contributed by atoms with Crippen molar-refractivity contribution in [3.05, 3.63) is 69.9 Å². The van der Waals surface area contributed by atoms with E-state index in [9.17, 15) is 9.90 Å². The van der Waals surface area contributed by atoms with Crippen molar-refractivity contribution in [1.29, 1.82) is 0 Å². The number of nitrogens with one attached hydrogen (secondary N) is 2. The Kier molecular flexibility index (Phi) is 8.39. The van der Waals surface area contributed by atoms with Gasteiger partial charge in [0.05, 0.1) is 30.0 Å². The Labute approximate surface area is 197 Å². The predicted molar refractivity (Wildman–Crippen MR) is 133 cm³/mol. The number of aliphatic hydroxyl groups is 1. The highest BCUT2D eigenvalue weighted by molar-refractivity contribution is 5.98. The molecular weight excluding hydrogens is 414 g/mol. The van der Waals surface area contributed by atoms with E-state index < -0.39 is 6.10 Å². The lowest BCUT2D eigenvalue weighted by atomic mass is 9.91. The topological polar surface area (TPSA) is 96.6 Å². The highest BCUT2D eigenvalue weighted by atomic mass is 16.5. The zero-order valence-electron chi connectivity index (χ0n) is 20.2. The van der Waals surface area contributed by atoms with Gasteiger partial charge in [0, 0.05) is 13.2 Å². The Hall–Kier alpha value is -2.99. The molecule has 5 N–H and O–H groups in total. The third-order valence-electron chi connectivity index (χ3n) is 6.51. The average Bonchev–Trinajstić information content (AvgIpc) is 2.81. The highest BCUT2D eigenvalue weighted by Crippen LogP contribution is 2.31. The average molecular weight is 452 g/mol. The number of rotatable bonds is 8. The van der Waals surface area contributed by atoms with Gasteiger partial charge in [0.2, 0.25) is 0 Å². The number of aliphatic hydroxyl groups excluding tert-OH is 1. The zero-order chi connectivity index (χ0) is 24.0. The molecule has 0 heterocycles. The number of carbonyl (C=O) groups excluding carboxylic acids is 1. The molecule has 0 aliphatic heterocycles. The number of hydrogen-bond donors (Lipinski definition) is 4. The Morgan fingerprint density at radius 2 is 1.88 bits per heavy atom. The summed E-state index contributed by atoms with van der Waals surface area (Å²) in [5, 5.41) is 16.3. The second-order valence-corrected chi connectivity index (χ2v) is 8.79. The van der Waals surface area contributed by atoms with Crippen LogP contribution < -0.4 is 21.1 Å². The molecule has 1 fully saturated rings. The molecule has 0 bridgehead atoms. The summed E-state index contributed by atoms with van der Waals surface area (Å²) in [4.78, 5) is 13.3. The van der Waals surface area contributed by atoms with Gasteiger partial charge < -0.3 is 26.2 Å². The molecule has 1 amide bonds. The maximum absolute atomic E-state index is 13.3. The molecular formula is C27H37N3O3. The van der Waals surface area contributed by atoms with E-state index in [1.807, 2.05) is 39.1 Å². The Morgan fingerprint density at radius 1 is 1.18 bits per heavy atom. The molecule has 2 aromatic carbocycles. The SMILES string of the molecule is CCOc1c(C(=O)N[C@H]2CCCC[C@@H]2O)cc(Cc2ccc(/C(N)=C/NC)cc2)c(C)c1C. The Bertz CT molecular complexity index is 999. The summed E-state index contributed by atoms with van der Waals surface area (Å²) in [7, 11) is 1.82. The van der Waals surface area contributed by atoms with Gasteiger partial charge in [-0.2, -0.15) is 0 Å². The van der Waals surface area contributed by atoms with Gasteiger partial charge in [-0.05, 0) is 73.9 Å². The van der Waals surface area contributed by atoms with Crippen LogP contribution in [0.5, 0.6) is 5.75 Å². The summed E-state index contributed by atoms with van der Waals surface area (Å²) in [6.45, 7) is 6.48. The van der Waals surface area contributed by atoms with Crippen LogP contribution in [0.25, 0.3) is 5.70 Å². The van der Waals surface area contributed by atoms with Crippen LogP contribution in [0, 0.1) is 13.8 Å². The van der Waals surface area contributed by atoms with Crippen LogP contribution in [0.1, 0.15) is 70.8 Å². The molecule has 33 heavy (non-hydrogen) atoms. The van der Waals surface area contributed by atoms with Crippen LogP contribution >= 0.6 is 0 Å². The molecule has 6 nitrogen and oxygen atoms in total. The Morgan fingerprint density at radius 3 is 2.52 bits per heavy atom. The van der Waals surface area contributed by atoms with E-state index >= 15 is 0 Å². The smallest absolute Gasteiger partial charge is 0.255 e. The lowest BCUT2D eigenvalue weighted by Gasteiger charge is -2.29. The van der Waals surface area contributed by atoms with Crippen molar-refractivity contribution in [2.45, 2.75) is 65.0 Å². The minimum absolute atomic E-state index is 0.186. The molecule has 0 unspecified atom stereocenters. The van der Waals surface area contributed by atoms with Crippen molar-refractivity contribution in [3.63, 3.8) is 0 Å². The molecule has 3 rings (SSSR count). The lowest BCUT2D eigenvalue weighted by molar-refractivity contribution is 0.0714. The van der Waals surface area contributed by atoms with Crippen LogP contribution in [0.2, 0.25) is 0 Å². The highest BCUT2D eigenvalue weighted by Gasteiger charge is 2.27. The fourth-order valence-corrected chi connectivity index (χ4v) is 4.44. The lowest BCUT2D eigenvalue weighted by Crippen LogP contribution is -2.45. The summed E-state index contributed by atoms with van der Waals surface area (Å²) < 4.78 is 5.91. The van der Waals surface area contributed by atoms with E-state index in [0.717, 1.165) is 53.5 Å². The number of benzene rings is 2. The van der Waals surface area contributed by atoms with Crippen LogP contribution in [-0.2, 0) is 6.42 Å². The Balaban J connectivity index is 1.90. The zero-order valence-corrected chi connectivity index (χ0v) is 20.2. The van der Waals surface area contributed by atoms with Crippen molar-refractivity contribution < 1.29 is 14.6 Å². The second kappa shape index (κ2) is 11.2. The van der Waals surface area contributed by atoms with Crippen LogP contribution in [0.15, 0.2) is 36.5 Å². The van der Waals surface area contributed by atoms with Crippen molar-refractivity contribution in [1.82, 2.24) is 10.6 Å². The van der Waals surface area contributed by atoms with Crippen molar-refractivity contribution in [2.24, 2.45) is 5.73 Å². The van der Waals surface area contributed by atoms with Crippen LogP contribution in [-0.4, -0.2) is 36.8 Å². The molecule has 2 aromatic rings. The summed E-state index contributed by atoms with van der Waals surface area (Å²) >= 11 is 0. The van der Waals surface area contributed by atoms with E-state index in [4.69, 9.17) is 10.5 Å². The van der Waals surface area contributed by atoms with Gasteiger partial charge >= 0.3 is 0 Å². The molecule has 6 heteroatoms. The number of ether oxygens (including phenoxy) is 1. The van der Waals surface area contributed by atoms with E-state index in [1.54, 1.807) is 6.20 Å². The second-order valence-electron chi connectivity index (χ2n) is 8.79. The maximum Gasteiger partial charge on any atom is 0.255 e. The molecule has 0 radical (unpaired) electrons. The van der Waals surface area contributed by atoms with Crippen LogP contribution in [0.4, 0.5) is 0 Å². The molecule has 1 saturated carbocycles. The van der Waals surface area contributed by atoms with Crippen molar-refractivity contribution in [2.75, 3.05) is 13.7 Å². The summed E-state index contributed by atoms with van der Waals surface area (Å²) in [5.41, 5.74) is 12.5.